The lowest BCUT2D eigenvalue weighted by atomic mass is 10.3. The van der Waals surface area contributed by atoms with Gasteiger partial charge in [0.1, 0.15) is 0 Å². The summed E-state index contributed by atoms with van der Waals surface area (Å²) < 4.78 is 0. The molecule has 0 aliphatic heterocycles. The van der Waals surface area contributed by atoms with Crippen molar-refractivity contribution in [3.8, 4) is 0 Å². The fraction of sp³-hybridized carbons (Fsp3) is 0. The monoisotopic (exact) mass is 244 g/mol. The second-order valence-electron chi connectivity index (χ2n) is 3.44. The quantitative estimate of drug-likeness (QED) is 0.559. The van der Waals surface area contributed by atoms with Gasteiger partial charge in [-0.15, -0.1) is 0 Å². The van der Waals surface area contributed by atoms with Gasteiger partial charge in [-0.3, -0.25) is 4.98 Å². The predicted molar refractivity (Wildman–Crippen MR) is 74.9 cm³/mol. The highest BCUT2D eigenvalue weighted by molar-refractivity contribution is 7.80. The molecule has 5 heteroatoms. The first-order chi connectivity index (χ1) is 8.24. The Balaban J connectivity index is 1.96. The standard InChI is InChI=1S/C12H12N4S/c13-9-3-5-10(6-4-9)15-12(17)16-11-2-1-7-14-8-11/h1-8H,13H2,(H2,15,16,17). The van der Waals surface area contributed by atoms with Gasteiger partial charge < -0.3 is 16.4 Å². The largest absolute Gasteiger partial charge is 0.399 e. The number of nitrogens with zero attached hydrogens (tertiary/aromatic N) is 1. The Kier molecular flexibility index (Phi) is 3.52. The topological polar surface area (TPSA) is 63.0 Å². The van der Waals surface area contributed by atoms with E-state index in [0.29, 0.717) is 5.11 Å². The molecule has 0 atom stereocenters. The van der Waals surface area contributed by atoms with E-state index in [-0.39, 0.29) is 0 Å². The summed E-state index contributed by atoms with van der Waals surface area (Å²) in [7, 11) is 0. The Morgan fingerprint density at radius 3 is 2.41 bits per heavy atom. The van der Waals surface area contributed by atoms with Crippen LogP contribution in [0.3, 0.4) is 0 Å². The first-order valence-electron chi connectivity index (χ1n) is 5.07. The number of anilines is 3. The minimum absolute atomic E-state index is 0.516. The normalized spacial score (nSPS) is 9.65. The maximum atomic E-state index is 5.60. The molecule has 0 unspecified atom stereocenters. The molecule has 1 aromatic carbocycles. The fourth-order valence-electron chi connectivity index (χ4n) is 1.30. The number of benzene rings is 1. The van der Waals surface area contributed by atoms with Gasteiger partial charge in [0.05, 0.1) is 11.9 Å². The molecule has 2 aromatic rings. The summed E-state index contributed by atoms with van der Waals surface area (Å²) in [5.74, 6) is 0. The zero-order valence-corrected chi connectivity index (χ0v) is 9.87. The molecule has 1 heterocycles. The number of thiocarbonyl (C=S) groups is 1. The van der Waals surface area contributed by atoms with Crippen molar-refractivity contribution < 1.29 is 0 Å². The van der Waals surface area contributed by atoms with Crippen molar-refractivity contribution in [3.63, 3.8) is 0 Å². The van der Waals surface area contributed by atoms with Gasteiger partial charge in [-0.25, -0.2) is 0 Å². The van der Waals surface area contributed by atoms with Crippen LogP contribution in [0.2, 0.25) is 0 Å². The van der Waals surface area contributed by atoms with Crippen LogP contribution >= 0.6 is 12.2 Å². The van der Waals surface area contributed by atoms with Crippen LogP contribution in [0, 0.1) is 0 Å². The molecule has 0 amide bonds. The van der Waals surface area contributed by atoms with Gasteiger partial charge in [0.25, 0.3) is 0 Å². The number of nitrogen functional groups attached to an aromatic ring is 1. The number of hydrogen-bond acceptors (Lipinski definition) is 3. The van der Waals surface area contributed by atoms with Gasteiger partial charge in [0.15, 0.2) is 5.11 Å². The average molecular weight is 244 g/mol. The summed E-state index contributed by atoms with van der Waals surface area (Å²) in [5.41, 5.74) is 8.06. The molecule has 0 aliphatic rings. The van der Waals surface area contributed by atoms with Crippen LogP contribution in [0.4, 0.5) is 17.1 Å². The summed E-state index contributed by atoms with van der Waals surface area (Å²) in [4.78, 5) is 3.99. The van der Waals surface area contributed by atoms with E-state index in [2.05, 4.69) is 15.6 Å². The predicted octanol–water partition coefficient (Wildman–Crippen LogP) is 2.47. The van der Waals surface area contributed by atoms with Crippen LogP contribution in [0.5, 0.6) is 0 Å². The van der Waals surface area contributed by atoms with Crippen molar-refractivity contribution in [3.05, 3.63) is 48.8 Å². The van der Waals surface area contributed by atoms with Gasteiger partial charge in [-0.2, -0.15) is 0 Å². The van der Waals surface area contributed by atoms with E-state index >= 15 is 0 Å². The summed E-state index contributed by atoms with van der Waals surface area (Å²) in [6.45, 7) is 0. The third-order valence-electron chi connectivity index (χ3n) is 2.09. The van der Waals surface area contributed by atoms with E-state index < -0.39 is 0 Å². The average Bonchev–Trinajstić information content (AvgIpc) is 2.33. The lowest BCUT2D eigenvalue weighted by Gasteiger charge is -2.10. The molecule has 0 bridgehead atoms. The lowest BCUT2D eigenvalue weighted by Crippen LogP contribution is -2.19. The van der Waals surface area contributed by atoms with Crippen molar-refractivity contribution in [2.24, 2.45) is 0 Å². The van der Waals surface area contributed by atoms with E-state index in [4.69, 9.17) is 18.0 Å². The zero-order chi connectivity index (χ0) is 12.1. The highest BCUT2D eigenvalue weighted by Gasteiger charge is 1.98. The molecule has 0 saturated heterocycles. The van der Waals surface area contributed by atoms with E-state index in [1.165, 1.54) is 0 Å². The summed E-state index contributed by atoms with van der Waals surface area (Å²) in [6, 6.07) is 11.1. The number of nitrogens with two attached hydrogens (primary N) is 1. The minimum Gasteiger partial charge on any atom is -0.399 e. The van der Waals surface area contributed by atoms with Crippen LogP contribution in [-0.2, 0) is 0 Å². The van der Waals surface area contributed by atoms with Crippen molar-refractivity contribution in [2.75, 3.05) is 16.4 Å². The highest BCUT2D eigenvalue weighted by atomic mass is 32.1. The number of nitrogens with one attached hydrogen (secondary N) is 2. The smallest absolute Gasteiger partial charge is 0.175 e. The number of aromatic nitrogens is 1. The second kappa shape index (κ2) is 5.27. The van der Waals surface area contributed by atoms with Crippen LogP contribution in [0.25, 0.3) is 0 Å². The number of pyridine rings is 1. The van der Waals surface area contributed by atoms with Crippen LogP contribution in [0.1, 0.15) is 0 Å². The van der Waals surface area contributed by atoms with E-state index in [1.807, 2.05) is 36.4 Å². The van der Waals surface area contributed by atoms with Crippen LogP contribution in [0.15, 0.2) is 48.8 Å². The van der Waals surface area contributed by atoms with E-state index in [0.717, 1.165) is 17.1 Å². The van der Waals surface area contributed by atoms with Gasteiger partial charge in [0, 0.05) is 17.6 Å². The Morgan fingerprint density at radius 1 is 1.06 bits per heavy atom. The van der Waals surface area contributed by atoms with Gasteiger partial charge in [-0.05, 0) is 48.6 Å². The van der Waals surface area contributed by atoms with Gasteiger partial charge in [0.2, 0.25) is 0 Å². The molecule has 0 saturated carbocycles. The third kappa shape index (κ3) is 3.42. The first-order valence-corrected chi connectivity index (χ1v) is 5.48. The van der Waals surface area contributed by atoms with Gasteiger partial charge in [-0.1, -0.05) is 0 Å². The lowest BCUT2D eigenvalue weighted by molar-refractivity contribution is 1.33. The van der Waals surface area contributed by atoms with Crippen molar-refractivity contribution >= 4 is 34.4 Å². The third-order valence-corrected chi connectivity index (χ3v) is 2.29. The van der Waals surface area contributed by atoms with Crippen LogP contribution < -0.4 is 16.4 Å². The molecule has 0 aliphatic carbocycles. The molecule has 4 N–H and O–H groups in total. The van der Waals surface area contributed by atoms with Crippen molar-refractivity contribution in [2.45, 2.75) is 0 Å². The molecule has 4 nitrogen and oxygen atoms in total. The van der Waals surface area contributed by atoms with Crippen molar-refractivity contribution in [1.29, 1.82) is 0 Å². The first kappa shape index (κ1) is 11.3. The maximum Gasteiger partial charge on any atom is 0.175 e. The molecular weight excluding hydrogens is 232 g/mol. The minimum atomic E-state index is 0.516. The Hall–Kier alpha value is -2.14. The Bertz CT molecular complexity index is 496. The Labute approximate surface area is 105 Å². The zero-order valence-electron chi connectivity index (χ0n) is 9.05. The molecule has 0 radical (unpaired) electrons. The molecule has 0 spiro atoms. The molecule has 2 rings (SSSR count). The number of rotatable bonds is 2. The second-order valence-corrected chi connectivity index (χ2v) is 3.85. The molecule has 86 valence electrons. The summed E-state index contributed by atoms with van der Waals surface area (Å²) >= 11 is 5.17. The van der Waals surface area contributed by atoms with Crippen LogP contribution in [-0.4, -0.2) is 10.1 Å². The van der Waals surface area contributed by atoms with Gasteiger partial charge >= 0.3 is 0 Å². The molecule has 1 aromatic heterocycles. The van der Waals surface area contributed by atoms with E-state index in [9.17, 15) is 0 Å². The molecular formula is C12H12N4S. The number of hydrogen-bond donors (Lipinski definition) is 3. The van der Waals surface area contributed by atoms with E-state index in [1.54, 1.807) is 12.4 Å². The van der Waals surface area contributed by atoms with Crippen molar-refractivity contribution in [1.82, 2.24) is 4.98 Å². The fourth-order valence-corrected chi connectivity index (χ4v) is 1.53. The summed E-state index contributed by atoms with van der Waals surface area (Å²) in [5, 5.41) is 6.60. The summed E-state index contributed by atoms with van der Waals surface area (Å²) in [6.07, 6.45) is 3.42. The molecule has 17 heavy (non-hydrogen) atoms. The maximum absolute atomic E-state index is 5.60. The Morgan fingerprint density at radius 2 is 1.76 bits per heavy atom. The SMILES string of the molecule is Nc1ccc(NC(=S)Nc2cccnc2)cc1. The highest BCUT2D eigenvalue weighted by Crippen LogP contribution is 2.11. The molecule has 0 fully saturated rings.